The average Bonchev–Trinajstić information content (AvgIpc) is 2.76. The van der Waals surface area contributed by atoms with Crippen LogP contribution in [0.1, 0.15) is 12.5 Å². The standard InChI is InChI=1S/C20H14ClF3N4O5/c1-11(18(29)27-17-7-2-13(10-25-17)28(30)31)32-14-3-5-15(6-4-14)33-19-16(21)8-12(9-26-19)20(22,23)24/h2-11H,1H3,(H,25,27,29). The van der Waals surface area contributed by atoms with E-state index in [1.54, 1.807) is 0 Å². The molecule has 0 aliphatic heterocycles. The highest BCUT2D eigenvalue weighted by Gasteiger charge is 2.31. The SMILES string of the molecule is CC(Oc1ccc(Oc2ncc(C(F)(F)F)cc2Cl)cc1)C(=O)Nc1ccc([N+](=O)[O-])cn1. The number of nitro groups is 1. The van der Waals surface area contributed by atoms with Gasteiger partial charge in [0.05, 0.1) is 10.5 Å². The Morgan fingerprint density at radius 3 is 2.33 bits per heavy atom. The fourth-order valence-corrected chi connectivity index (χ4v) is 2.61. The number of anilines is 1. The number of alkyl halides is 3. The number of carbonyl (C=O) groups excluding carboxylic acids is 1. The molecule has 0 radical (unpaired) electrons. The van der Waals surface area contributed by atoms with Gasteiger partial charge in [-0.1, -0.05) is 11.6 Å². The Kier molecular flexibility index (Phi) is 6.97. The van der Waals surface area contributed by atoms with Crippen LogP contribution in [0, 0.1) is 10.1 Å². The lowest BCUT2D eigenvalue weighted by Crippen LogP contribution is -2.30. The fraction of sp³-hybridized carbons (Fsp3) is 0.150. The molecule has 3 aromatic rings. The third kappa shape index (κ3) is 6.29. The molecule has 172 valence electrons. The van der Waals surface area contributed by atoms with Crippen LogP contribution < -0.4 is 14.8 Å². The zero-order valence-corrected chi connectivity index (χ0v) is 17.4. The summed E-state index contributed by atoms with van der Waals surface area (Å²) in [6.07, 6.45) is -3.90. The van der Waals surface area contributed by atoms with Crippen molar-refractivity contribution < 1.29 is 32.4 Å². The van der Waals surface area contributed by atoms with Crippen LogP contribution in [0.2, 0.25) is 5.02 Å². The van der Waals surface area contributed by atoms with Crippen LogP contribution in [0.4, 0.5) is 24.7 Å². The Hall–Kier alpha value is -3.93. The number of halogens is 4. The van der Waals surface area contributed by atoms with Crippen molar-refractivity contribution in [3.8, 4) is 17.4 Å². The number of benzene rings is 1. The van der Waals surface area contributed by atoms with Crippen molar-refractivity contribution in [2.45, 2.75) is 19.2 Å². The molecule has 0 saturated heterocycles. The van der Waals surface area contributed by atoms with Gasteiger partial charge in [0.1, 0.15) is 28.5 Å². The Bertz CT molecular complexity index is 1160. The monoisotopic (exact) mass is 482 g/mol. The first-order valence-corrected chi connectivity index (χ1v) is 9.49. The van der Waals surface area contributed by atoms with Crippen molar-refractivity contribution in [2.24, 2.45) is 0 Å². The maximum Gasteiger partial charge on any atom is 0.417 e. The molecule has 9 nitrogen and oxygen atoms in total. The highest BCUT2D eigenvalue weighted by molar-refractivity contribution is 6.31. The Balaban J connectivity index is 1.58. The van der Waals surface area contributed by atoms with Gasteiger partial charge in [0, 0.05) is 12.3 Å². The lowest BCUT2D eigenvalue weighted by molar-refractivity contribution is -0.385. The molecule has 0 spiro atoms. The van der Waals surface area contributed by atoms with E-state index in [9.17, 15) is 28.1 Å². The second-order valence-electron chi connectivity index (χ2n) is 6.49. The van der Waals surface area contributed by atoms with Gasteiger partial charge in [-0.05, 0) is 43.3 Å². The predicted octanol–water partition coefficient (Wildman–Crippen LogP) is 5.26. The number of hydrogen-bond acceptors (Lipinski definition) is 7. The van der Waals surface area contributed by atoms with Gasteiger partial charge < -0.3 is 14.8 Å². The molecule has 0 aliphatic carbocycles. The fourth-order valence-electron chi connectivity index (χ4n) is 2.41. The summed E-state index contributed by atoms with van der Waals surface area (Å²) in [5, 5.41) is 12.8. The molecular formula is C20H14ClF3N4O5. The molecule has 1 atom stereocenters. The second-order valence-corrected chi connectivity index (χ2v) is 6.90. The van der Waals surface area contributed by atoms with Crippen LogP contribution in [0.3, 0.4) is 0 Å². The van der Waals surface area contributed by atoms with Gasteiger partial charge in [-0.25, -0.2) is 9.97 Å². The number of rotatable bonds is 7. The number of nitrogens with one attached hydrogen (secondary N) is 1. The maximum atomic E-state index is 12.7. The Labute approximate surface area is 189 Å². The van der Waals surface area contributed by atoms with E-state index in [0.29, 0.717) is 18.0 Å². The molecule has 2 aromatic heterocycles. The van der Waals surface area contributed by atoms with E-state index in [1.807, 2.05) is 0 Å². The molecule has 13 heteroatoms. The third-order valence-electron chi connectivity index (χ3n) is 4.07. The Morgan fingerprint density at radius 2 is 1.79 bits per heavy atom. The summed E-state index contributed by atoms with van der Waals surface area (Å²) in [5.74, 6) is -0.110. The molecule has 0 bridgehead atoms. The zero-order chi connectivity index (χ0) is 24.2. The molecule has 1 aromatic carbocycles. The molecule has 1 amide bonds. The largest absolute Gasteiger partial charge is 0.481 e. The van der Waals surface area contributed by atoms with Gasteiger partial charge in [0.25, 0.3) is 11.6 Å². The third-order valence-corrected chi connectivity index (χ3v) is 4.34. The lowest BCUT2D eigenvalue weighted by Gasteiger charge is -2.15. The summed E-state index contributed by atoms with van der Waals surface area (Å²) in [7, 11) is 0. The molecule has 0 aliphatic rings. The molecule has 0 saturated carbocycles. The van der Waals surface area contributed by atoms with E-state index < -0.39 is 28.7 Å². The summed E-state index contributed by atoms with van der Waals surface area (Å²) >= 11 is 5.82. The highest BCUT2D eigenvalue weighted by Crippen LogP contribution is 2.34. The van der Waals surface area contributed by atoms with Crippen LogP contribution in [0.5, 0.6) is 17.4 Å². The minimum absolute atomic E-state index is 0.116. The van der Waals surface area contributed by atoms with Crippen LogP contribution in [-0.2, 0) is 11.0 Å². The van der Waals surface area contributed by atoms with Crippen LogP contribution in [0.15, 0.2) is 54.9 Å². The number of carbonyl (C=O) groups is 1. The molecule has 2 heterocycles. The predicted molar refractivity (Wildman–Crippen MR) is 110 cm³/mol. The molecule has 1 N–H and O–H groups in total. The maximum absolute atomic E-state index is 12.7. The number of ether oxygens (including phenoxy) is 2. The number of nitrogens with zero attached hydrogens (tertiary/aromatic N) is 3. The van der Waals surface area contributed by atoms with Crippen molar-refractivity contribution in [1.82, 2.24) is 9.97 Å². The summed E-state index contributed by atoms with van der Waals surface area (Å²) in [6.45, 7) is 1.48. The van der Waals surface area contributed by atoms with Gasteiger partial charge in [-0.15, -0.1) is 0 Å². The van der Waals surface area contributed by atoms with Crippen molar-refractivity contribution in [2.75, 3.05) is 5.32 Å². The number of aromatic nitrogens is 2. The van der Waals surface area contributed by atoms with Gasteiger partial charge in [-0.2, -0.15) is 13.2 Å². The Morgan fingerprint density at radius 1 is 1.12 bits per heavy atom. The molecule has 0 fully saturated rings. The van der Waals surface area contributed by atoms with E-state index >= 15 is 0 Å². The van der Waals surface area contributed by atoms with Crippen molar-refractivity contribution in [1.29, 1.82) is 0 Å². The molecular weight excluding hydrogens is 469 g/mol. The van der Waals surface area contributed by atoms with Crippen LogP contribution >= 0.6 is 11.6 Å². The highest BCUT2D eigenvalue weighted by atomic mass is 35.5. The molecule has 3 rings (SSSR count). The van der Waals surface area contributed by atoms with Crippen LogP contribution in [-0.4, -0.2) is 26.9 Å². The smallest absolute Gasteiger partial charge is 0.417 e. The minimum Gasteiger partial charge on any atom is -0.481 e. The van der Waals surface area contributed by atoms with Gasteiger partial charge in [-0.3, -0.25) is 14.9 Å². The van der Waals surface area contributed by atoms with E-state index in [1.165, 1.54) is 43.3 Å². The minimum atomic E-state index is -4.58. The summed E-state index contributed by atoms with van der Waals surface area (Å²) in [5.41, 5.74) is -1.22. The van der Waals surface area contributed by atoms with E-state index in [0.717, 1.165) is 6.20 Å². The number of amides is 1. The number of pyridine rings is 2. The van der Waals surface area contributed by atoms with E-state index in [-0.39, 0.29) is 28.2 Å². The van der Waals surface area contributed by atoms with Crippen LogP contribution in [0.25, 0.3) is 0 Å². The summed E-state index contributed by atoms with van der Waals surface area (Å²) in [6, 6.07) is 9.05. The van der Waals surface area contributed by atoms with E-state index in [4.69, 9.17) is 21.1 Å². The van der Waals surface area contributed by atoms with Crippen molar-refractivity contribution in [3.05, 3.63) is 75.6 Å². The topological polar surface area (TPSA) is 116 Å². The van der Waals surface area contributed by atoms with Gasteiger partial charge in [0.15, 0.2) is 6.10 Å². The lowest BCUT2D eigenvalue weighted by atomic mass is 10.3. The average molecular weight is 483 g/mol. The first-order chi connectivity index (χ1) is 15.5. The van der Waals surface area contributed by atoms with E-state index in [2.05, 4.69) is 15.3 Å². The first-order valence-electron chi connectivity index (χ1n) is 9.11. The summed E-state index contributed by atoms with van der Waals surface area (Å²) < 4.78 is 49.0. The van der Waals surface area contributed by atoms with Gasteiger partial charge >= 0.3 is 6.18 Å². The first kappa shape index (κ1) is 23.7. The second kappa shape index (κ2) is 9.69. The number of hydrogen-bond donors (Lipinski definition) is 1. The zero-order valence-electron chi connectivity index (χ0n) is 16.7. The van der Waals surface area contributed by atoms with Crippen molar-refractivity contribution in [3.63, 3.8) is 0 Å². The van der Waals surface area contributed by atoms with Gasteiger partial charge in [0.2, 0.25) is 5.88 Å². The van der Waals surface area contributed by atoms with Crippen molar-refractivity contribution >= 4 is 29.0 Å². The normalized spacial score (nSPS) is 12.0. The molecule has 33 heavy (non-hydrogen) atoms. The quantitative estimate of drug-likeness (QED) is 0.361. The molecule has 1 unspecified atom stereocenters. The summed E-state index contributed by atoms with van der Waals surface area (Å²) in [4.78, 5) is 29.6.